The Balaban J connectivity index is 1.96. The Hall–Kier alpha value is -1.67. The van der Waals surface area contributed by atoms with Gasteiger partial charge in [-0.2, -0.15) is 0 Å². The standard InChI is InChI=1S/C17H20N2/c1-2-16(18)14-6-3-5-13(11-14)15-9-8-12-7-4-10-19-17(12)15/h3-7,10-11,15-16H,2,8-9,18H2,1H3. The van der Waals surface area contributed by atoms with Crippen LogP contribution in [0.15, 0.2) is 42.6 Å². The van der Waals surface area contributed by atoms with E-state index >= 15 is 0 Å². The minimum absolute atomic E-state index is 0.143. The van der Waals surface area contributed by atoms with Gasteiger partial charge in [-0.15, -0.1) is 0 Å². The molecule has 0 bridgehead atoms. The highest BCUT2D eigenvalue weighted by atomic mass is 14.7. The van der Waals surface area contributed by atoms with Crippen LogP contribution in [0.1, 0.15) is 54.1 Å². The summed E-state index contributed by atoms with van der Waals surface area (Å²) in [5.41, 5.74) is 11.4. The number of aromatic nitrogens is 1. The van der Waals surface area contributed by atoms with Crippen LogP contribution in [0.25, 0.3) is 0 Å². The molecule has 19 heavy (non-hydrogen) atoms. The van der Waals surface area contributed by atoms with Gasteiger partial charge in [-0.05, 0) is 42.0 Å². The van der Waals surface area contributed by atoms with Gasteiger partial charge in [-0.25, -0.2) is 0 Å². The molecule has 0 saturated carbocycles. The number of rotatable bonds is 3. The van der Waals surface area contributed by atoms with Gasteiger partial charge in [0, 0.05) is 18.2 Å². The molecule has 3 rings (SSSR count). The highest BCUT2D eigenvalue weighted by molar-refractivity contribution is 5.39. The molecule has 2 aromatic rings. The fourth-order valence-electron chi connectivity index (χ4n) is 2.98. The quantitative estimate of drug-likeness (QED) is 0.907. The summed E-state index contributed by atoms with van der Waals surface area (Å²) in [6, 6.07) is 13.1. The molecule has 2 atom stereocenters. The monoisotopic (exact) mass is 252 g/mol. The molecular weight excluding hydrogens is 232 g/mol. The van der Waals surface area contributed by atoms with Crippen molar-refractivity contribution in [2.24, 2.45) is 5.73 Å². The average Bonchev–Trinajstić information content (AvgIpc) is 2.90. The highest BCUT2D eigenvalue weighted by Gasteiger charge is 2.25. The number of pyridine rings is 1. The van der Waals surface area contributed by atoms with E-state index < -0.39 is 0 Å². The lowest BCUT2D eigenvalue weighted by molar-refractivity contribution is 0.693. The van der Waals surface area contributed by atoms with Crippen LogP contribution in [0.3, 0.4) is 0 Å². The molecule has 0 radical (unpaired) electrons. The first-order valence-electron chi connectivity index (χ1n) is 7.09. The van der Waals surface area contributed by atoms with Crippen LogP contribution in [0.5, 0.6) is 0 Å². The molecule has 0 fully saturated rings. The number of nitrogens with two attached hydrogens (primary N) is 1. The van der Waals surface area contributed by atoms with Gasteiger partial charge < -0.3 is 5.73 Å². The van der Waals surface area contributed by atoms with Crippen LogP contribution in [0.4, 0.5) is 0 Å². The van der Waals surface area contributed by atoms with Crippen LogP contribution in [-0.2, 0) is 6.42 Å². The number of aryl methyl sites for hydroxylation is 1. The lowest BCUT2D eigenvalue weighted by Crippen LogP contribution is -2.09. The molecule has 2 heteroatoms. The molecule has 1 aromatic heterocycles. The molecule has 1 aromatic carbocycles. The van der Waals surface area contributed by atoms with Gasteiger partial charge in [0.05, 0.1) is 5.69 Å². The maximum atomic E-state index is 6.14. The maximum absolute atomic E-state index is 6.14. The Labute approximate surface area is 114 Å². The topological polar surface area (TPSA) is 38.9 Å². The first-order valence-corrected chi connectivity index (χ1v) is 7.09. The summed E-state index contributed by atoms with van der Waals surface area (Å²) in [4.78, 5) is 4.58. The number of hydrogen-bond donors (Lipinski definition) is 1. The lowest BCUT2D eigenvalue weighted by Gasteiger charge is -2.15. The summed E-state index contributed by atoms with van der Waals surface area (Å²) in [6.07, 6.45) is 5.18. The summed E-state index contributed by atoms with van der Waals surface area (Å²) in [7, 11) is 0. The van der Waals surface area contributed by atoms with Crippen LogP contribution >= 0.6 is 0 Å². The Morgan fingerprint density at radius 3 is 3.05 bits per heavy atom. The predicted octanol–water partition coefficient (Wildman–Crippen LogP) is 3.57. The van der Waals surface area contributed by atoms with E-state index in [2.05, 4.69) is 42.2 Å². The predicted molar refractivity (Wildman–Crippen MR) is 78.1 cm³/mol. The maximum Gasteiger partial charge on any atom is 0.0510 e. The van der Waals surface area contributed by atoms with E-state index in [1.54, 1.807) is 0 Å². The third kappa shape index (κ3) is 2.28. The molecule has 0 saturated heterocycles. The van der Waals surface area contributed by atoms with Crippen molar-refractivity contribution in [1.29, 1.82) is 0 Å². The second kappa shape index (κ2) is 5.14. The summed E-state index contributed by atoms with van der Waals surface area (Å²) in [5, 5.41) is 0. The van der Waals surface area contributed by atoms with Crippen LogP contribution in [0, 0.1) is 0 Å². The zero-order valence-corrected chi connectivity index (χ0v) is 11.3. The van der Waals surface area contributed by atoms with Gasteiger partial charge in [-0.3, -0.25) is 4.98 Å². The number of hydrogen-bond acceptors (Lipinski definition) is 2. The Bertz CT molecular complexity index is 577. The Morgan fingerprint density at radius 1 is 1.32 bits per heavy atom. The highest BCUT2D eigenvalue weighted by Crippen LogP contribution is 2.37. The number of fused-ring (bicyclic) bond motifs is 1. The van der Waals surface area contributed by atoms with Crippen molar-refractivity contribution in [2.45, 2.75) is 38.1 Å². The second-order valence-electron chi connectivity index (χ2n) is 5.32. The second-order valence-corrected chi connectivity index (χ2v) is 5.32. The SMILES string of the molecule is CCC(N)c1cccc(C2CCc3cccnc32)c1. The van der Waals surface area contributed by atoms with Crippen molar-refractivity contribution >= 4 is 0 Å². The first kappa shape index (κ1) is 12.4. The van der Waals surface area contributed by atoms with Gasteiger partial charge in [0.25, 0.3) is 0 Å². The van der Waals surface area contributed by atoms with Crippen molar-refractivity contribution in [2.75, 3.05) is 0 Å². The van der Waals surface area contributed by atoms with E-state index in [9.17, 15) is 0 Å². The Kier molecular flexibility index (Phi) is 3.34. The van der Waals surface area contributed by atoms with Crippen LogP contribution in [-0.4, -0.2) is 4.98 Å². The summed E-state index contributed by atoms with van der Waals surface area (Å²) >= 11 is 0. The minimum atomic E-state index is 0.143. The lowest BCUT2D eigenvalue weighted by atomic mass is 9.93. The largest absolute Gasteiger partial charge is 0.324 e. The smallest absolute Gasteiger partial charge is 0.0510 e. The molecule has 2 unspecified atom stereocenters. The fraction of sp³-hybridized carbons (Fsp3) is 0.353. The summed E-state index contributed by atoms with van der Waals surface area (Å²) < 4.78 is 0. The van der Waals surface area contributed by atoms with Gasteiger partial charge in [0.2, 0.25) is 0 Å². The molecule has 1 heterocycles. The molecule has 0 amide bonds. The van der Waals surface area contributed by atoms with Gasteiger partial charge in [0.15, 0.2) is 0 Å². The zero-order valence-electron chi connectivity index (χ0n) is 11.3. The van der Waals surface area contributed by atoms with E-state index in [4.69, 9.17) is 5.73 Å². The van der Waals surface area contributed by atoms with E-state index in [1.807, 2.05) is 12.3 Å². The van der Waals surface area contributed by atoms with E-state index in [-0.39, 0.29) is 6.04 Å². The zero-order chi connectivity index (χ0) is 13.2. The number of benzene rings is 1. The summed E-state index contributed by atoms with van der Waals surface area (Å²) in [6.45, 7) is 2.13. The fourth-order valence-corrected chi connectivity index (χ4v) is 2.98. The number of nitrogens with zero attached hydrogens (tertiary/aromatic N) is 1. The van der Waals surface area contributed by atoms with Crippen molar-refractivity contribution in [3.8, 4) is 0 Å². The van der Waals surface area contributed by atoms with E-state index in [0.29, 0.717) is 5.92 Å². The third-order valence-electron chi connectivity index (χ3n) is 4.14. The first-order chi connectivity index (χ1) is 9.29. The van der Waals surface area contributed by atoms with Gasteiger partial charge >= 0.3 is 0 Å². The molecular formula is C17H20N2. The van der Waals surface area contributed by atoms with Crippen molar-refractivity contribution in [3.63, 3.8) is 0 Å². The van der Waals surface area contributed by atoms with Crippen LogP contribution < -0.4 is 5.73 Å². The molecule has 1 aliphatic rings. The molecule has 98 valence electrons. The van der Waals surface area contributed by atoms with Crippen molar-refractivity contribution < 1.29 is 0 Å². The molecule has 1 aliphatic carbocycles. The molecule has 0 aliphatic heterocycles. The van der Waals surface area contributed by atoms with Gasteiger partial charge in [-0.1, -0.05) is 37.3 Å². The minimum Gasteiger partial charge on any atom is -0.324 e. The van der Waals surface area contributed by atoms with Crippen molar-refractivity contribution in [1.82, 2.24) is 4.98 Å². The molecule has 2 N–H and O–H groups in total. The molecule has 2 nitrogen and oxygen atoms in total. The summed E-state index contributed by atoms with van der Waals surface area (Å²) in [5.74, 6) is 0.445. The average molecular weight is 252 g/mol. The molecule has 0 spiro atoms. The van der Waals surface area contributed by atoms with Gasteiger partial charge in [0.1, 0.15) is 0 Å². The van der Waals surface area contributed by atoms with E-state index in [1.165, 1.54) is 22.4 Å². The normalized spacial score (nSPS) is 19.2. The third-order valence-corrected chi connectivity index (χ3v) is 4.14. The van der Waals surface area contributed by atoms with Crippen LogP contribution in [0.2, 0.25) is 0 Å². The van der Waals surface area contributed by atoms with E-state index in [0.717, 1.165) is 19.3 Å². The Morgan fingerprint density at radius 2 is 2.21 bits per heavy atom. The van der Waals surface area contributed by atoms with Crippen molar-refractivity contribution in [3.05, 3.63) is 65.0 Å².